The molecule has 0 bridgehead atoms. The summed E-state index contributed by atoms with van der Waals surface area (Å²) in [5.74, 6) is 2.90. The molecule has 1 amide bonds. The zero-order valence-electron chi connectivity index (χ0n) is 12.5. The number of thioether (sulfide) groups is 1. The lowest BCUT2D eigenvalue weighted by atomic mass is 9.95. The van der Waals surface area contributed by atoms with E-state index in [1.165, 1.54) is 5.56 Å². The van der Waals surface area contributed by atoms with Crippen LogP contribution in [0.15, 0.2) is 30.3 Å². The first-order valence-electron chi connectivity index (χ1n) is 7.96. The van der Waals surface area contributed by atoms with Crippen molar-refractivity contribution < 1.29 is 4.79 Å². The van der Waals surface area contributed by atoms with Gasteiger partial charge in [0.25, 0.3) is 0 Å². The largest absolute Gasteiger partial charge is 0.341 e. The van der Waals surface area contributed by atoms with Gasteiger partial charge in [-0.3, -0.25) is 9.69 Å². The van der Waals surface area contributed by atoms with Gasteiger partial charge in [0.15, 0.2) is 0 Å². The highest BCUT2D eigenvalue weighted by atomic mass is 32.2. The molecule has 2 aliphatic heterocycles. The van der Waals surface area contributed by atoms with Crippen molar-refractivity contribution in [1.82, 2.24) is 9.80 Å². The van der Waals surface area contributed by atoms with E-state index in [1.807, 2.05) is 11.8 Å². The number of carbonyl (C=O) groups is 1. The maximum absolute atomic E-state index is 12.5. The molecule has 0 unspecified atom stereocenters. The van der Waals surface area contributed by atoms with Crippen LogP contribution >= 0.6 is 11.8 Å². The molecule has 1 aromatic rings. The molecule has 2 fully saturated rings. The van der Waals surface area contributed by atoms with E-state index < -0.39 is 0 Å². The van der Waals surface area contributed by atoms with Crippen LogP contribution in [0.4, 0.5) is 0 Å². The molecular weight excluding hydrogens is 280 g/mol. The van der Waals surface area contributed by atoms with Gasteiger partial charge in [-0.15, -0.1) is 0 Å². The summed E-state index contributed by atoms with van der Waals surface area (Å²) in [5.41, 5.74) is 1.37. The SMILES string of the molecule is O=C(C1CCN(Cc2ccccc2)CC1)N1CCSCC1. The fraction of sp³-hybridized carbons (Fsp3) is 0.588. The minimum Gasteiger partial charge on any atom is -0.341 e. The lowest BCUT2D eigenvalue weighted by molar-refractivity contribution is -0.136. The van der Waals surface area contributed by atoms with Crippen molar-refractivity contribution in [1.29, 1.82) is 0 Å². The number of hydrogen-bond acceptors (Lipinski definition) is 3. The average Bonchev–Trinajstić information content (AvgIpc) is 2.57. The van der Waals surface area contributed by atoms with Gasteiger partial charge in [0.2, 0.25) is 5.91 Å². The molecule has 114 valence electrons. The summed E-state index contributed by atoms with van der Waals surface area (Å²) in [5, 5.41) is 0. The maximum atomic E-state index is 12.5. The number of piperidine rings is 1. The topological polar surface area (TPSA) is 23.6 Å². The van der Waals surface area contributed by atoms with E-state index in [0.29, 0.717) is 5.91 Å². The van der Waals surface area contributed by atoms with Crippen molar-refractivity contribution in [2.24, 2.45) is 5.92 Å². The molecule has 3 rings (SSSR count). The Morgan fingerprint density at radius 1 is 1.05 bits per heavy atom. The van der Waals surface area contributed by atoms with Gasteiger partial charge in [0, 0.05) is 37.1 Å². The number of likely N-dealkylation sites (tertiary alicyclic amines) is 1. The highest BCUT2D eigenvalue weighted by Gasteiger charge is 2.29. The second kappa shape index (κ2) is 7.32. The maximum Gasteiger partial charge on any atom is 0.225 e. The molecule has 0 radical (unpaired) electrons. The van der Waals surface area contributed by atoms with Crippen LogP contribution in [0.5, 0.6) is 0 Å². The van der Waals surface area contributed by atoms with Crippen LogP contribution in [0.1, 0.15) is 18.4 Å². The van der Waals surface area contributed by atoms with E-state index >= 15 is 0 Å². The van der Waals surface area contributed by atoms with Crippen LogP contribution in [0.2, 0.25) is 0 Å². The number of nitrogens with zero attached hydrogens (tertiary/aromatic N) is 2. The highest BCUT2D eigenvalue weighted by molar-refractivity contribution is 7.99. The van der Waals surface area contributed by atoms with E-state index in [2.05, 4.69) is 40.1 Å². The van der Waals surface area contributed by atoms with Gasteiger partial charge in [0.1, 0.15) is 0 Å². The zero-order valence-corrected chi connectivity index (χ0v) is 13.4. The summed E-state index contributed by atoms with van der Waals surface area (Å²) in [6.45, 7) is 5.02. The third-order valence-electron chi connectivity index (χ3n) is 4.51. The molecule has 0 spiro atoms. The summed E-state index contributed by atoms with van der Waals surface area (Å²) in [4.78, 5) is 17.1. The first-order valence-corrected chi connectivity index (χ1v) is 9.11. The van der Waals surface area contributed by atoms with Gasteiger partial charge in [-0.25, -0.2) is 0 Å². The molecular formula is C17H24N2OS. The molecule has 0 aliphatic carbocycles. The summed E-state index contributed by atoms with van der Waals surface area (Å²) in [6.07, 6.45) is 2.05. The van der Waals surface area contributed by atoms with Crippen molar-refractivity contribution in [2.75, 3.05) is 37.7 Å². The summed E-state index contributed by atoms with van der Waals surface area (Å²) < 4.78 is 0. The van der Waals surface area contributed by atoms with Gasteiger partial charge in [0.05, 0.1) is 0 Å². The van der Waals surface area contributed by atoms with Crippen LogP contribution in [0, 0.1) is 5.92 Å². The number of rotatable bonds is 3. The van der Waals surface area contributed by atoms with Crippen LogP contribution in [-0.4, -0.2) is 53.4 Å². The normalized spacial score (nSPS) is 21.4. The quantitative estimate of drug-likeness (QED) is 0.857. The smallest absolute Gasteiger partial charge is 0.225 e. The van der Waals surface area contributed by atoms with Crippen molar-refractivity contribution >= 4 is 17.7 Å². The second-order valence-corrected chi connectivity index (χ2v) is 7.20. The minimum atomic E-state index is 0.264. The average molecular weight is 304 g/mol. The standard InChI is InChI=1S/C17H24N2OS/c20-17(19-10-12-21-13-11-19)16-6-8-18(9-7-16)14-15-4-2-1-3-5-15/h1-5,16H,6-14H2. The van der Waals surface area contributed by atoms with Crippen molar-refractivity contribution in [3.8, 4) is 0 Å². The van der Waals surface area contributed by atoms with Gasteiger partial charge in [-0.1, -0.05) is 30.3 Å². The fourth-order valence-electron chi connectivity index (χ4n) is 3.22. The molecule has 0 saturated carbocycles. The van der Waals surface area contributed by atoms with Gasteiger partial charge >= 0.3 is 0 Å². The van der Waals surface area contributed by atoms with Crippen LogP contribution < -0.4 is 0 Å². The molecule has 3 nitrogen and oxygen atoms in total. The fourth-order valence-corrected chi connectivity index (χ4v) is 4.12. The Morgan fingerprint density at radius 2 is 1.71 bits per heavy atom. The number of carbonyl (C=O) groups excluding carboxylic acids is 1. The number of hydrogen-bond donors (Lipinski definition) is 0. The van der Waals surface area contributed by atoms with Crippen molar-refractivity contribution in [2.45, 2.75) is 19.4 Å². The molecule has 4 heteroatoms. The predicted molar refractivity (Wildman–Crippen MR) is 88.3 cm³/mol. The second-order valence-electron chi connectivity index (χ2n) is 5.97. The number of amides is 1. The van der Waals surface area contributed by atoms with Gasteiger partial charge in [-0.05, 0) is 31.5 Å². The summed E-state index contributed by atoms with van der Waals surface area (Å²) in [6, 6.07) is 10.6. The molecule has 0 aromatic heterocycles. The van der Waals surface area contributed by atoms with Crippen LogP contribution in [0.3, 0.4) is 0 Å². The molecule has 21 heavy (non-hydrogen) atoms. The van der Waals surface area contributed by atoms with Crippen LogP contribution in [-0.2, 0) is 11.3 Å². The van der Waals surface area contributed by atoms with E-state index in [4.69, 9.17) is 0 Å². The predicted octanol–water partition coefficient (Wildman–Crippen LogP) is 2.47. The van der Waals surface area contributed by atoms with Crippen molar-refractivity contribution in [3.63, 3.8) is 0 Å². The molecule has 2 aliphatic rings. The molecule has 0 N–H and O–H groups in total. The lowest BCUT2D eigenvalue weighted by Crippen LogP contribution is -2.45. The number of benzene rings is 1. The Kier molecular flexibility index (Phi) is 5.20. The van der Waals surface area contributed by atoms with E-state index in [9.17, 15) is 4.79 Å². The Morgan fingerprint density at radius 3 is 2.38 bits per heavy atom. The third-order valence-corrected chi connectivity index (χ3v) is 5.45. The van der Waals surface area contributed by atoms with E-state index in [0.717, 1.165) is 57.1 Å². The van der Waals surface area contributed by atoms with Crippen molar-refractivity contribution in [3.05, 3.63) is 35.9 Å². The molecule has 0 atom stereocenters. The first kappa shape index (κ1) is 14.9. The molecule has 1 aromatic carbocycles. The van der Waals surface area contributed by atoms with Gasteiger partial charge < -0.3 is 4.90 Å². The monoisotopic (exact) mass is 304 g/mol. The summed E-state index contributed by atoms with van der Waals surface area (Å²) >= 11 is 1.96. The van der Waals surface area contributed by atoms with Gasteiger partial charge in [-0.2, -0.15) is 11.8 Å². The minimum absolute atomic E-state index is 0.264. The Hall–Kier alpha value is -1.000. The summed E-state index contributed by atoms with van der Waals surface area (Å²) in [7, 11) is 0. The molecule has 2 saturated heterocycles. The Labute approximate surface area is 131 Å². The lowest BCUT2D eigenvalue weighted by Gasteiger charge is -2.35. The first-order chi connectivity index (χ1) is 10.3. The third kappa shape index (κ3) is 4.01. The zero-order chi connectivity index (χ0) is 14.5. The van der Waals surface area contributed by atoms with E-state index in [1.54, 1.807) is 0 Å². The Bertz CT molecular complexity index is 451. The molecule has 2 heterocycles. The van der Waals surface area contributed by atoms with Crippen LogP contribution in [0.25, 0.3) is 0 Å². The Balaban J connectivity index is 1.47. The van der Waals surface area contributed by atoms with E-state index in [-0.39, 0.29) is 5.92 Å². The highest BCUT2D eigenvalue weighted by Crippen LogP contribution is 2.22.